The van der Waals surface area contributed by atoms with E-state index in [1.54, 1.807) is 0 Å². The Morgan fingerprint density at radius 2 is 1.65 bits per heavy atom. The van der Waals surface area contributed by atoms with Gasteiger partial charge in [0.1, 0.15) is 0 Å². The number of rotatable bonds is 1. The van der Waals surface area contributed by atoms with Crippen LogP contribution in [0.2, 0.25) is 0 Å². The van der Waals surface area contributed by atoms with Gasteiger partial charge in [0.05, 0.1) is 35.3 Å². The molecule has 8 heteroatoms. The molecule has 1 aromatic carbocycles. The number of carbonyl (C=O) groups is 2. The van der Waals surface area contributed by atoms with Crippen molar-refractivity contribution in [2.45, 2.75) is 31.2 Å². The third-order valence-electron chi connectivity index (χ3n) is 4.80. The summed E-state index contributed by atoms with van der Waals surface area (Å²) >= 11 is 2.85. The molecular weight excluding hydrogens is 379 g/mol. The lowest BCUT2D eigenvalue weighted by Gasteiger charge is -2.19. The topological polar surface area (TPSA) is 46.6 Å². The summed E-state index contributed by atoms with van der Waals surface area (Å²) in [6, 6.07) is 3.39. The van der Waals surface area contributed by atoms with E-state index in [1.807, 2.05) is 0 Å². The molecule has 2 bridgehead atoms. The second-order valence-electron chi connectivity index (χ2n) is 6.02. The Morgan fingerprint density at radius 1 is 1.09 bits per heavy atom. The Morgan fingerprint density at radius 3 is 2.17 bits per heavy atom. The molecule has 0 spiro atoms. The normalized spacial score (nSPS) is 32.8. The summed E-state index contributed by atoms with van der Waals surface area (Å²) in [5, 5.41) is 0. The van der Waals surface area contributed by atoms with Gasteiger partial charge in [-0.05, 0) is 31.0 Å². The zero-order chi connectivity index (χ0) is 16.5. The van der Waals surface area contributed by atoms with Gasteiger partial charge in [-0.2, -0.15) is 13.2 Å². The average Bonchev–Trinajstić information content (AvgIpc) is 3.13. The summed E-state index contributed by atoms with van der Waals surface area (Å²) in [7, 11) is 0. The van der Waals surface area contributed by atoms with Crippen LogP contribution in [0.5, 0.6) is 0 Å². The zero-order valence-electron chi connectivity index (χ0n) is 11.6. The number of ether oxygens (including phenoxy) is 1. The SMILES string of the molecule is O=C1C2C3CCC(O3)C2C(=O)N1c1ccc(Br)c(C(F)(F)F)c1. The Hall–Kier alpha value is -1.41. The van der Waals surface area contributed by atoms with Crippen LogP contribution in [-0.2, 0) is 20.5 Å². The molecule has 3 saturated heterocycles. The van der Waals surface area contributed by atoms with E-state index in [0.717, 1.165) is 11.0 Å². The van der Waals surface area contributed by atoms with Crippen LogP contribution in [0.15, 0.2) is 22.7 Å². The molecule has 3 aliphatic heterocycles. The molecule has 1 aromatic rings. The number of halogens is 4. The molecule has 3 heterocycles. The summed E-state index contributed by atoms with van der Waals surface area (Å²) < 4.78 is 44.6. The van der Waals surface area contributed by atoms with Gasteiger partial charge < -0.3 is 4.74 Å². The summed E-state index contributed by atoms with van der Waals surface area (Å²) in [6.45, 7) is 0. The maximum atomic E-state index is 13.0. The van der Waals surface area contributed by atoms with Crippen LogP contribution in [0.1, 0.15) is 18.4 Å². The molecule has 122 valence electrons. The van der Waals surface area contributed by atoms with Gasteiger partial charge in [0.25, 0.3) is 0 Å². The summed E-state index contributed by atoms with van der Waals surface area (Å²) in [5.74, 6) is -2.02. The van der Waals surface area contributed by atoms with Gasteiger partial charge in [-0.15, -0.1) is 0 Å². The molecule has 0 aliphatic carbocycles. The molecule has 4 atom stereocenters. The number of amides is 2. The molecule has 2 amide bonds. The van der Waals surface area contributed by atoms with Gasteiger partial charge in [0.15, 0.2) is 0 Å². The van der Waals surface area contributed by atoms with E-state index in [4.69, 9.17) is 4.74 Å². The smallest absolute Gasteiger partial charge is 0.373 e. The van der Waals surface area contributed by atoms with Crippen molar-refractivity contribution < 1.29 is 27.5 Å². The van der Waals surface area contributed by atoms with Gasteiger partial charge in [-0.1, -0.05) is 15.9 Å². The van der Waals surface area contributed by atoms with Crippen molar-refractivity contribution in [2.75, 3.05) is 4.90 Å². The van der Waals surface area contributed by atoms with Gasteiger partial charge in [-0.3, -0.25) is 9.59 Å². The summed E-state index contributed by atoms with van der Waals surface area (Å²) in [6.07, 6.45) is -3.72. The summed E-state index contributed by atoms with van der Waals surface area (Å²) in [4.78, 5) is 26.0. The van der Waals surface area contributed by atoms with E-state index >= 15 is 0 Å². The van der Waals surface area contributed by atoms with Gasteiger partial charge in [0.2, 0.25) is 11.8 Å². The van der Waals surface area contributed by atoms with Crippen molar-refractivity contribution in [3.8, 4) is 0 Å². The van der Waals surface area contributed by atoms with Crippen molar-refractivity contribution in [2.24, 2.45) is 11.8 Å². The van der Waals surface area contributed by atoms with Crippen molar-refractivity contribution >= 4 is 33.4 Å². The molecule has 0 N–H and O–H groups in total. The molecule has 4 nitrogen and oxygen atoms in total. The number of alkyl halides is 3. The zero-order valence-corrected chi connectivity index (χ0v) is 13.2. The van der Waals surface area contributed by atoms with E-state index in [2.05, 4.69) is 15.9 Å². The number of nitrogens with zero attached hydrogens (tertiary/aromatic N) is 1. The fourth-order valence-electron chi connectivity index (χ4n) is 3.84. The fraction of sp³-hybridized carbons (Fsp3) is 0.467. The standard InChI is InChI=1S/C15H11BrF3NO3/c16-8-2-1-6(5-7(8)15(17,18)19)20-13(21)11-9-3-4-10(23-9)12(11)14(20)22/h1-2,5,9-12H,3-4H2. The van der Waals surface area contributed by atoms with Crippen LogP contribution in [0.3, 0.4) is 0 Å². The van der Waals surface area contributed by atoms with Crippen LogP contribution in [0, 0.1) is 11.8 Å². The molecule has 23 heavy (non-hydrogen) atoms. The van der Waals surface area contributed by atoms with Crippen molar-refractivity contribution in [1.82, 2.24) is 0 Å². The molecule has 4 rings (SSSR count). The third kappa shape index (κ3) is 2.07. The summed E-state index contributed by atoms with van der Waals surface area (Å²) in [5.41, 5.74) is -0.948. The highest BCUT2D eigenvalue weighted by atomic mass is 79.9. The highest BCUT2D eigenvalue weighted by molar-refractivity contribution is 9.10. The second kappa shape index (κ2) is 4.80. The van der Waals surface area contributed by atoms with Crippen molar-refractivity contribution in [3.63, 3.8) is 0 Å². The van der Waals surface area contributed by atoms with Crippen molar-refractivity contribution in [1.29, 1.82) is 0 Å². The second-order valence-corrected chi connectivity index (χ2v) is 6.87. The lowest BCUT2D eigenvalue weighted by atomic mass is 9.81. The number of fused-ring (bicyclic) bond motifs is 5. The minimum absolute atomic E-state index is 0.0377. The molecule has 0 saturated carbocycles. The first-order valence-electron chi connectivity index (χ1n) is 7.19. The third-order valence-corrected chi connectivity index (χ3v) is 5.49. The maximum absolute atomic E-state index is 13.0. The molecule has 3 fully saturated rings. The highest BCUT2D eigenvalue weighted by Crippen LogP contribution is 2.50. The largest absolute Gasteiger partial charge is 0.417 e. The van der Waals surface area contributed by atoms with Crippen LogP contribution in [-0.4, -0.2) is 24.0 Å². The van der Waals surface area contributed by atoms with Crippen molar-refractivity contribution in [3.05, 3.63) is 28.2 Å². The number of hydrogen-bond donors (Lipinski definition) is 0. The predicted molar refractivity (Wildman–Crippen MR) is 76.5 cm³/mol. The lowest BCUT2D eigenvalue weighted by molar-refractivity contribution is -0.138. The fourth-order valence-corrected chi connectivity index (χ4v) is 4.31. The number of benzene rings is 1. The Bertz CT molecular complexity index is 692. The molecule has 0 radical (unpaired) electrons. The number of carbonyl (C=O) groups excluding carboxylic acids is 2. The molecule has 4 unspecified atom stereocenters. The van der Waals surface area contributed by atoms with Gasteiger partial charge >= 0.3 is 6.18 Å². The monoisotopic (exact) mass is 389 g/mol. The number of imide groups is 1. The molecular formula is C15H11BrF3NO3. The Balaban J connectivity index is 1.74. The number of hydrogen-bond acceptors (Lipinski definition) is 3. The first kappa shape index (κ1) is 15.1. The first-order chi connectivity index (χ1) is 10.8. The van der Waals surface area contributed by atoms with Gasteiger partial charge in [-0.25, -0.2) is 4.90 Å². The van der Waals surface area contributed by atoms with Crippen LogP contribution < -0.4 is 4.90 Å². The maximum Gasteiger partial charge on any atom is 0.417 e. The van der Waals surface area contributed by atoms with Gasteiger partial charge in [0, 0.05) is 4.47 Å². The molecule has 0 aromatic heterocycles. The van der Waals surface area contributed by atoms with Crippen LogP contribution in [0.4, 0.5) is 18.9 Å². The number of anilines is 1. The Kier molecular flexibility index (Phi) is 3.16. The van der Waals surface area contributed by atoms with E-state index in [9.17, 15) is 22.8 Å². The average molecular weight is 390 g/mol. The van der Waals surface area contributed by atoms with Crippen LogP contribution in [0.25, 0.3) is 0 Å². The minimum atomic E-state index is -4.57. The molecule has 3 aliphatic rings. The van der Waals surface area contributed by atoms with E-state index in [0.29, 0.717) is 12.8 Å². The minimum Gasteiger partial charge on any atom is -0.373 e. The van der Waals surface area contributed by atoms with Crippen LogP contribution >= 0.6 is 15.9 Å². The van der Waals surface area contributed by atoms with E-state index < -0.39 is 35.4 Å². The first-order valence-corrected chi connectivity index (χ1v) is 7.98. The highest BCUT2D eigenvalue weighted by Gasteiger charge is 2.62. The quantitative estimate of drug-likeness (QED) is 0.693. The van der Waals surface area contributed by atoms with E-state index in [-0.39, 0.29) is 22.4 Å². The van der Waals surface area contributed by atoms with E-state index in [1.165, 1.54) is 12.1 Å². The predicted octanol–water partition coefficient (Wildman–Crippen LogP) is 3.13. The lowest BCUT2D eigenvalue weighted by Crippen LogP contribution is -2.34. The Labute approximate surface area is 137 Å².